The Morgan fingerprint density at radius 1 is 0.400 bits per heavy atom. The first kappa shape index (κ1) is 31.4. The Balaban J connectivity index is 1.79. The molecule has 0 aromatic carbocycles. The monoisotopic (exact) mass is 672 g/mol. The molecule has 0 fully saturated rings. The molecule has 45 heavy (non-hydrogen) atoms. The van der Waals surface area contributed by atoms with Crippen LogP contribution in [0.4, 0.5) is 11.4 Å². The Kier molecular flexibility index (Phi) is 9.66. The average molecular weight is 672 g/mol. The van der Waals surface area contributed by atoms with E-state index in [1.54, 1.807) is 0 Å². The number of allylic oxidation sites excluding steroid dienone is 4. The summed E-state index contributed by atoms with van der Waals surface area (Å²) in [7, 11) is 0. The number of nitrogens with zero attached hydrogens (tertiary/aromatic N) is 8. The van der Waals surface area contributed by atoms with Crippen LogP contribution in [-0.2, 0) is 12.8 Å². The van der Waals surface area contributed by atoms with Gasteiger partial charge >= 0.3 is 258 Å². The predicted octanol–water partition coefficient (Wildman–Crippen LogP) is 9.17. The maximum absolute atomic E-state index is 5.30. The number of aromatic nitrogens is 8. The molecule has 236 valence electrons. The molecule has 0 unspecified atom stereocenters. The first-order valence-corrected chi connectivity index (χ1v) is 18.4. The van der Waals surface area contributed by atoms with E-state index in [1.165, 1.54) is 27.8 Å². The molecule has 8 bridgehead atoms. The van der Waals surface area contributed by atoms with Crippen molar-refractivity contribution < 1.29 is 0 Å². The summed E-state index contributed by atoms with van der Waals surface area (Å²) in [5, 5.41) is 0. The number of nitrogens with one attached hydrogen (secondary N) is 2. The number of hydrogen-bond acceptors (Lipinski definition) is 8. The molecular weight excluding hydrogens is 627 g/mol. The fourth-order valence-electron chi connectivity index (χ4n) is 6.52. The van der Waals surface area contributed by atoms with Crippen molar-refractivity contribution in [1.82, 2.24) is 39.9 Å². The predicted molar refractivity (Wildman–Crippen MR) is 183 cm³/mol. The molecular formula is C34H44N10Se. The first-order valence-electron chi connectivity index (χ1n) is 16.9. The number of aryl methyl sites for hydroxylation is 2. The number of fused-ring (bicyclic) bond motifs is 11. The van der Waals surface area contributed by atoms with Crippen LogP contribution in [0, 0.1) is 0 Å². The Bertz CT molecular complexity index is 1920. The maximum atomic E-state index is 5.30. The van der Waals surface area contributed by atoms with Gasteiger partial charge < -0.3 is 0 Å². The quantitative estimate of drug-likeness (QED) is 0.144. The van der Waals surface area contributed by atoms with Gasteiger partial charge in [0.05, 0.1) is 0 Å². The van der Waals surface area contributed by atoms with Crippen molar-refractivity contribution in [2.24, 2.45) is 7.92 Å². The van der Waals surface area contributed by atoms with E-state index >= 15 is 0 Å². The van der Waals surface area contributed by atoms with Crippen LogP contribution < -0.4 is 0 Å². The van der Waals surface area contributed by atoms with E-state index in [1.807, 2.05) is 0 Å². The molecule has 0 radical (unpaired) electrons. The van der Waals surface area contributed by atoms with Crippen molar-refractivity contribution in [3.8, 4) is 0 Å². The van der Waals surface area contributed by atoms with E-state index in [-0.39, 0.29) is 14.6 Å². The molecule has 0 aliphatic carbocycles. The molecule has 0 spiro atoms. The zero-order chi connectivity index (χ0) is 31.5. The Labute approximate surface area is 270 Å². The van der Waals surface area contributed by atoms with Gasteiger partial charge in [-0.2, -0.15) is 0 Å². The number of H-pyrrole nitrogens is 2. The summed E-state index contributed by atoms with van der Waals surface area (Å²) >= 11 is -0.227. The number of hydrogen-bond donors (Lipinski definition) is 2. The molecule has 3 aliphatic heterocycles. The topological polar surface area (TPSA) is 134 Å². The zero-order valence-electron chi connectivity index (χ0n) is 27.5. The normalized spacial score (nSPS) is 14.1. The van der Waals surface area contributed by atoms with Crippen LogP contribution in [0.3, 0.4) is 0 Å². The summed E-state index contributed by atoms with van der Waals surface area (Å²) in [6, 6.07) is 0. The molecule has 3 aliphatic rings. The van der Waals surface area contributed by atoms with Crippen LogP contribution in [0.2, 0.25) is 0 Å². The Morgan fingerprint density at radius 3 is 1.16 bits per heavy atom. The van der Waals surface area contributed by atoms with Crippen molar-refractivity contribution in [3.05, 3.63) is 34.4 Å². The van der Waals surface area contributed by atoms with Crippen LogP contribution in [0.15, 0.2) is 7.92 Å². The van der Waals surface area contributed by atoms with E-state index in [2.05, 4.69) is 51.5 Å². The van der Waals surface area contributed by atoms with E-state index in [0.717, 1.165) is 123 Å². The van der Waals surface area contributed by atoms with E-state index < -0.39 is 0 Å². The second-order valence-electron chi connectivity index (χ2n) is 11.9. The molecule has 0 atom stereocenters. The summed E-state index contributed by atoms with van der Waals surface area (Å²) in [5.41, 5.74) is 11.7. The van der Waals surface area contributed by atoms with Crippen molar-refractivity contribution in [2.75, 3.05) is 0 Å². The van der Waals surface area contributed by atoms with Crippen molar-refractivity contribution in [2.45, 2.75) is 119 Å². The molecule has 10 nitrogen and oxygen atoms in total. The van der Waals surface area contributed by atoms with Crippen LogP contribution in [0.5, 0.6) is 0 Å². The molecule has 2 N–H and O–H groups in total. The van der Waals surface area contributed by atoms with Crippen LogP contribution in [-0.4, -0.2) is 54.4 Å². The van der Waals surface area contributed by atoms with Gasteiger partial charge in [0.25, 0.3) is 0 Å². The molecule has 3 aromatic rings. The van der Waals surface area contributed by atoms with E-state index in [4.69, 9.17) is 37.8 Å². The minimum atomic E-state index is -0.227. The summed E-state index contributed by atoms with van der Waals surface area (Å²) in [4.78, 5) is 38.3. The van der Waals surface area contributed by atoms with Crippen molar-refractivity contribution in [1.29, 1.82) is 0 Å². The SMILES string of the molecule is CCCC1=C(CCC)c2nc1nc1nc(nc3[nH]c(nc4[nH]c(n2)c(CCC)c4CCC)c2c3N=[Se]=N2)C(CCC)=C1CCC. The minimum absolute atomic E-state index is 0.227. The van der Waals surface area contributed by atoms with Gasteiger partial charge in [-0.1, -0.05) is 13.8 Å². The molecule has 11 heteroatoms. The third kappa shape index (κ3) is 5.92. The summed E-state index contributed by atoms with van der Waals surface area (Å²) in [5.74, 6) is 2.95. The van der Waals surface area contributed by atoms with Crippen molar-refractivity contribution >= 4 is 70.8 Å². The molecule has 6 heterocycles. The van der Waals surface area contributed by atoms with Gasteiger partial charge in [-0.3, -0.25) is 0 Å². The number of aromatic amines is 2. The van der Waals surface area contributed by atoms with Gasteiger partial charge in [0, 0.05) is 0 Å². The standard InChI is InChI=1S/C34H44N10Se/c1-7-13-19-20(14-8-2)28-35-27(19)36-29-21(15-9-3)23(17-11-5)31(38-29)40-33-25-26(44-45-43-25)34(42-33)41-32-24(18-12-6)22(16-10-4)30(37-28)39-32/h7-18H2,1-6H3,(H2,35,36,37,38,39,40,41,42). The molecule has 0 saturated heterocycles. The fourth-order valence-corrected chi connectivity index (χ4v) is 7.68. The fraction of sp³-hybridized carbons (Fsp3) is 0.529. The third-order valence-corrected chi connectivity index (χ3v) is 9.56. The second kappa shape index (κ2) is 13.8. The van der Waals surface area contributed by atoms with Crippen LogP contribution in [0.25, 0.3) is 44.9 Å². The summed E-state index contributed by atoms with van der Waals surface area (Å²) in [6.07, 6.45) is 11.4. The molecule has 3 aromatic heterocycles. The number of rotatable bonds is 12. The summed E-state index contributed by atoms with van der Waals surface area (Å²) in [6.45, 7) is 13.3. The summed E-state index contributed by atoms with van der Waals surface area (Å²) < 4.78 is 9.53. The molecule has 6 rings (SSSR count). The van der Waals surface area contributed by atoms with Gasteiger partial charge in [0.1, 0.15) is 0 Å². The van der Waals surface area contributed by atoms with E-state index in [0.29, 0.717) is 17.1 Å². The average Bonchev–Trinajstić information content (AvgIpc) is 3.82. The van der Waals surface area contributed by atoms with Crippen LogP contribution >= 0.6 is 0 Å². The zero-order valence-corrected chi connectivity index (χ0v) is 29.2. The third-order valence-electron chi connectivity index (χ3n) is 8.45. The van der Waals surface area contributed by atoms with Gasteiger partial charge in [-0.15, -0.1) is 0 Å². The van der Waals surface area contributed by atoms with Gasteiger partial charge in [-0.25, -0.2) is 0 Å². The van der Waals surface area contributed by atoms with Crippen LogP contribution in [0.1, 0.15) is 140 Å². The van der Waals surface area contributed by atoms with E-state index in [9.17, 15) is 0 Å². The molecule has 0 amide bonds. The van der Waals surface area contributed by atoms with Gasteiger partial charge in [-0.05, 0) is 0 Å². The second-order valence-corrected chi connectivity index (χ2v) is 13.1. The molecule has 0 saturated carbocycles. The van der Waals surface area contributed by atoms with Gasteiger partial charge in [0.15, 0.2) is 0 Å². The first-order chi connectivity index (χ1) is 22.0. The Morgan fingerprint density at radius 2 is 0.733 bits per heavy atom. The Hall–Kier alpha value is -3.56. The van der Waals surface area contributed by atoms with Gasteiger partial charge in [0.2, 0.25) is 0 Å². The van der Waals surface area contributed by atoms with Crippen molar-refractivity contribution in [3.63, 3.8) is 0 Å².